The van der Waals surface area contributed by atoms with Gasteiger partial charge in [0.05, 0.1) is 12.2 Å². The minimum Gasteiger partial charge on any atom is -0.493 e. The summed E-state index contributed by atoms with van der Waals surface area (Å²) in [4.78, 5) is 12.7. The van der Waals surface area contributed by atoms with E-state index < -0.39 is 23.4 Å². The molecule has 2 heterocycles. The lowest BCUT2D eigenvalue weighted by molar-refractivity contribution is 0.0949. The van der Waals surface area contributed by atoms with Crippen molar-refractivity contribution in [3.63, 3.8) is 0 Å². The van der Waals surface area contributed by atoms with Gasteiger partial charge >= 0.3 is 0 Å². The second kappa shape index (κ2) is 11.1. The first kappa shape index (κ1) is 25.0. The van der Waals surface area contributed by atoms with Crippen LogP contribution in [0.5, 0.6) is 17.2 Å². The zero-order valence-electron chi connectivity index (χ0n) is 20.1. The van der Waals surface area contributed by atoms with Gasteiger partial charge in [-0.25, -0.2) is 13.2 Å². The van der Waals surface area contributed by atoms with Crippen molar-refractivity contribution in [3.8, 4) is 17.2 Å². The SMILES string of the molecule is O=C(NCCc1c(F)cccc1F)c1cc([C@@H]2CCNC[C@H]2COc2ccc3c(c2)OCO3)ccc1F. The van der Waals surface area contributed by atoms with Gasteiger partial charge in [-0.2, -0.15) is 0 Å². The number of hydrogen-bond donors (Lipinski definition) is 2. The van der Waals surface area contributed by atoms with Gasteiger partial charge in [0.1, 0.15) is 23.2 Å². The number of carbonyl (C=O) groups excluding carboxylic acids is 1. The van der Waals surface area contributed by atoms with Crippen molar-refractivity contribution in [2.24, 2.45) is 5.92 Å². The van der Waals surface area contributed by atoms with Crippen LogP contribution in [0.15, 0.2) is 54.6 Å². The lowest BCUT2D eigenvalue weighted by Crippen LogP contribution is -2.38. The van der Waals surface area contributed by atoms with Crippen LogP contribution in [0.3, 0.4) is 0 Å². The molecule has 1 amide bonds. The number of amides is 1. The lowest BCUT2D eigenvalue weighted by Gasteiger charge is -2.32. The van der Waals surface area contributed by atoms with Crippen molar-refractivity contribution in [2.45, 2.75) is 18.8 Å². The average Bonchev–Trinajstić information content (AvgIpc) is 3.38. The maximum absolute atomic E-state index is 14.6. The van der Waals surface area contributed by atoms with Gasteiger partial charge < -0.3 is 24.8 Å². The number of benzene rings is 3. The summed E-state index contributed by atoms with van der Waals surface area (Å²) < 4.78 is 59.1. The number of rotatable bonds is 8. The molecule has 0 bridgehead atoms. The fourth-order valence-corrected chi connectivity index (χ4v) is 4.82. The molecule has 3 aromatic carbocycles. The second-order valence-corrected chi connectivity index (χ2v) is 9.13. The number of piperidine rings is 1. The van der Waals surface area contributed by atoms with Gasteiger partial charge in [-0.15, -0.1) is 0 Å². The summed E-state index contributed by atoms with van der Waals surface area (Å²) in [6.45, 7) is 2.08. The summed E-state index contributed by atoms with van der Waals surface area (Å²) in [5, 5.41) is 5.95. The zero-order valence-corrected chi connectivity index (χ0v) is 20.1. The maximum Gasteiger partial charge on any atom is 0.254 e. The molecule has 37 heavy (non-hydrogen) atoms. The molecule has 2 aliphatic rings. The summed E-state index contributed by atoms with van der Waals surface area (Å²) in [6, 6.07) is 13.6. The van der Waals surface area contributed by atoms with Gasteiger partial charge in [0.15, 0.2) is 11.5 Å². The third-order valence-electron chi connectivity index (χ3n) is 6.80. The van der Waals surface area contributed by atoms with Crippen LogP contribution < -0.4 is 24.8 Å². The van der Waals surface area contributed by atoms with Crippen LogP contribution >= 0.6 is 0 Å². The first-order chi connectivity index (χ1) is 18.0. The predicted molar refractivity (Wildman–Crippen MR) is 131 cm³/mol. The highest BCUT2D eigenvalue weighted by atomic mass is 19.1. The van der Waals surface area contributed by atoms with Gasteiger partial charge in [-0.3, -0.25) is 4.79 Å². The van der Waals surface area contributed by atoms with Crippen molar-refractivity contribution in [2.75, 3.05) is 33.0 Å². The van der Waals surface area contributed by atoms with Crippen LogP contribution in [0.4, 0.5) is 13.2 Å². The Hall–Kier alpha value is -3.72. The Bertz CT molecular complexity index is 1270. The largest absolute Gasteiger partial charge is 0.493 e. The summed E-state index contributed by atoms with van der Waals surface area (Å²) in [7, 11) is 0. The number of carbonyl (C=O) groups is 1. The Balaban J connectivity index is 1.24. The molecule has 2 aliphatic heterocycles. The molecule has 194 valence electrons. The Kier molecular flexibility index (Phi) is 7.50. The molecule has 0 aromatic heterocycles. The van der Waals surface area contributed by atoms with Crippen LogP contribution in [0.2, 0.25) is 0 Å². The van der Waals surface area contributed by atoms with Gasteiger partial charge in [-0.1, -0.05) is 12.1 Å². The fraction of sp³-hybridized carbons (Fsp3) is 0.321. The van der Waals surface area contributed by atoms with Crippen molar-refractivity contribution in [1.82, 2.24) is 10.6 Å². The van der Waals surface area contributed by atoms with E-state index in [1.807, 2.05) is 6.07 Å². The van der Waals surface area contributed by atoms with E-state index in [0.29, 0.717) is 30.4 Å². The van der Waals surface area contributed by atoms with E-state index in [1.54, 1.807) is 24.3 Å². The summed E-state index contributed by atoms with van der Waals surface area (Å²) >= 11 is 0. The maximum atomic E-state index is 14.6. The van der Waals surface area contributed by atoms with Crippen molar-refractivity contribution in [3.05, 3.63) is 88.7 Å². The van der Waals surface area contributed by atoms with Crippen LogP contribution in [0.1, 0.15) is 33.8 Å². The highest BCUT2D eigenvalue weighted by Crippen LogP contribution is 2.36. The molecule has 3 aromatic rings. The molecule has 9 heteroatoms. The summed E-state index contributed by atoms with van der Waals surface area (Å²) in [5.74, 6) is -0.509. The fourth-order valence-electron chi connectivity index (χ4n) is 4.82. The number of ether oxygens (including phenoxy) is 3. The van der Waals surface area contributed by atoms with E-state index in [4.69, 9.17) is 14.2 Å². The monoisotopic (exact) mass is 512 g/mol. The molecule has 2 N–H and O–H groups in total. The lowest BCUT2D eigenvalue weighted by atomic mass is 9.81. The Morgan fingerprint density at radius 3 is 2.65 bits per heavy atom. The normalized spacial score (nSPS) is 18.5. The summed E-state index contributed by atoms with van der Waals surface area (Å²) in [6.07, 6.45) is 0.757. The number of fused-ring (bicyclic) bond motifs is 1. The topological polar surface area (TPSA) is 68.8 Å². The van der Waals surface area contributed by atoms with E-state index in [1.165, 1.54) is 12.1 Å². The van der Waals surface area contributed by atoms with E-state index in [-0.39, 0.29) is 42.7 Å². The predicted octanol–water partition coefficient (Wildman–Crippen LogP) is 4.58. The van der Waals surface area contributed by atoms with Gasteiger partial charge in [0.2, 0.25) is 6.79 Å². The average molecular weight is 513 g/mol. The van der Waals surface area contributed by atoms with Gasteiger partial charge in [0.25, 0.3) is 5.91 Å². The first-order valence-electron chi connectivity index (χ1n) is 12.2. The molecule has 6 nitrogen and oxygen atoms in total. The minimum absolute atomic E-state index is 0.0281. The molecule has 0 unspecified atom stereocenters. The van der Waals surface area contributed by atoms with Crippen LogP contribution in [-0.2, 0) is 6.42 Å². The standard InChI is InChI=1S/C28H27F3N2O4/c29-23-2-1-3-24(30)21(23)9-11-33-28(34)22-12-17(4-6-25(22)31)20-8-10-32-14-18(20)15-35-19-5-7-26-27(13-19)37-16-36-26/h1-7,12-13,18,20,32H,8-11,14-16H2,(H,33,34)/t18-,20-/m0/s1. The van der Waals surface area contributed by atoms with E-state index >= 15 is 0 Å². The quantitative estimate of drug-likeness (QED) is 0.463. The number of halogens is 3. The van der Waals surface area contributed by atoms with E-state index in [0.717, 1.165) is 30.7 Å². The summed E-state index contributed by atoms with van der Waals surface area (Å²) in [5.41, 5.74) is 0.630. The second-order valence-electron chi connectivity index (χ2n) is 9.13. The molecular formula is C28H27F3N2O4. The molecule has 2 atom stereocenters. The molecule has 0 spiro atoms. The molecule has 5 rings (SSSR count). The molecule has 0 radical (unpaired) electrons. The number of hydrogen-bond acceptors (Lipinski definition) is 5. The highest BCUT2D eigenvalue weighted by Gasteiger charge is 2.28. The van der Waals surface area contributed by atoms with Gasteiger partial charge in [0, 0.05) is 30.6 Å². The van der Waals surface area contributed by atoms with Crippen molar-refractivity contribution >= 4 is 5.91 Å². The molecular weight excluding hydrogens is 485 g/mol. The Labute approximate surface area is 212 Å². The molecule has 1 fully saturated rings. The van der Waals surface area contributed by atoms with Gasteiger partial charge in [-0.05, 0) is 67.3 Å². The highest BCUT2D eigenvalue weighted by molar-refractivity contribution is 5.94. The smallest absolute Gasteiger partial charge is 0.254 e. The first-order valence-corrected chi connectivity index (χ1v) is 12.2. The zero-order chi connectivity index (χ0) is 25.8. The number of nitrogens with one attached hydrogen (secondary N) is 2. The third-order valence-corrected chi connectivity index (χ3v) is 6.80. The third kappa shape index (κ3) is 5.67. The van der Waals surface area contributed by atoms with Crippen LogP contribution in [0.25, 0.3) is 0 Å². The Morgan fingerprint density at radius 2 is 1.81 bits per heavy atom. The van der Waals surface area contributed by atoms with Crippen LogP contribution in [-0.4, -0.2) is 38.9 Å². The molecule has 0 saturated carbocycles. The van der Waals surface area contributed by atoms with E-state index in [2.05, 4.69) is 10.6 Å². The minimum atomic E-state index is -0.678. The molecule has 0 aliphatic carbocycles. The molecule has 1 saturated heterocycles. The van der Waals surface area contributed by atoms with Crippen molar-refractivity contribution in [1.29, 1.82) is 0 Å². The van der Waals surface area contributed by atoms with Crippen LogP contribution in [0, 0.1) is 23.4 Å². The van der Waals surface area contributed by atoms with Crippen molar-refractivity contribution < 1.29 is 32.2 Å². The Morgan fingerprint density at radius 1 is 1.00 bits per heavy atom. The van der Waals surface area contributed by atoms with E-state index in [9.17, 15) is 18.0 Å².